The van der Waals surface area contributed by atoms with Gasteiger partial charge in [0.1, 0.15) is 0 Å². The van der Waals surface area contributed by atoms with E-state index in [4.69, 9.17) is 5.73 Å². The fourth-order valence-electron chi connectivity index (χ4n) is 1.98. The number of carbonyl (C=O) groups excluding carboxylic acids is 1. The van der Waals surface area contributed by atoms with Gasteiger partial charge in [0.15, 0.2) is 0 Å². The zero-order valence-corrected chi connectivity index (χ0v) is 10.4. The number of amides is 1. The highest BCUT2D eigenvalue weighted by Crippen LogP contribution is 2.24. The molecule has 0 spiro atoms. The van der Waals surface area contributed by atoms with E-state index < -0.39 is 0 Å². The third kappa shape index (κ3) is 2.77. The summed E-state index contributed by atoms with van der Waals surface area (Å²) in [6.45, 7) is 2.07. The number of hydrogen-bond acceptors (Lipinski definition) is 2. The number of nitrogens with two attached hydrogens (primary N) is 1. The Bertz CT molecular complexity index is 519. The number of carbonyl (C=O) groups is 1. The summed E-state index contributed by atoms with van der Waals surface area (Å²) in [5, 5.41) is 0. The van der Waals surface area contributed by atoms with Gasteiger partial charge in [0.25, 0.3) is 0 Å². The van der Waals surface area contributed by atoms with Gasteiger partial charge in [-0.3, -0.25) is 4.79 Å². The molecule has 4 heteroatoms. The lowest BCUT2D eigenvalue weighted by Crippen LogP contribution is -2.13. The van der Waals surface area contributed by atoms with E-state index in [9.17, 15) is 4.79 Å². The lowest BCUT2D eigenvalue weighted by molar-refractivity contribution is -0.118. The Labute approximate surface area is 106 Å². The van der Waals surface area contributed by atoms with Crippen molar-refractivity contribution in [1.29, 1.82) is 0 Å². The molecule has 1 atom stereocenters. The number of primary amides is 1. The Balaban J connectivity index is 2.20. The Hall–Kier alpha value is -2.10. The molecule has 1 aromatic carbocycles. The summed E-state index contributed by atoms with van der Waals surface area (Å²) in [6.07, 6.45) is 4.77. The number of rotatable bonds is 5. The van der Waals surface area contributed by atoms with Crippen molar-refractivity contribution >= 4 is 5.91 Å². The average Bonchev–Trinajstić information content (AvgIpc) is 2.86. The molecule has 0 fully saturated rings. The maximum Gasteiger partial charge on any atom is 0.217 e. The first kappa shape index (κ1) is 12.4. The maximum atomic E-state index is 10.8. The van der Waals surface area contributed by atoms with E-state index in [-0.39, 0.29) is 11.9 Å². The second kappa shape index (κ2) is 5.49. The molecule has 4 nitrogen and oxygen atoms in total. The van der Waals surface area contributed by atoms with Crippen LogP contribution in [-0.4, -0.2) is 15.5 Å². The molecule has 1 heterocycles. The highest BCUT2D eigenvalue weighted by molar-refractivity contribution is 5.73. The van der Waals surface area contributed by atoms with Crippen molar-refractivity contribution in [2.45, 2.75) is 25.8 Å². The minimum atomic E-state index is -0.261. The van der Waals surface area contributed by atoms with Crippen LogP contribution in [0.15, 0.2) is 42.9 Å². The van der Waals surface area contributed by atoms with E-state index in [1.807, 2.05) is 36.5 Å². The number of nitrogens with zero attached hydrogens (tertiary/aromatic N) is 2. The molecule has 0 aliphatic carbocycles. The first-order chi connectivity index (χ1) is 8.68. The number of aromatic nitrogens is 2. The minimum absolute atomic E-state index is 0.204. The van der Waals surface area contributed by atoms with Crippen LogP contribution >= 0.6 is 0 Å². The van der Waals surface area contributed by atoms with Crippen LogP contribution in [0.1, 0.15) is 25.8 Å². The number of hydrogen-bond donors (Lipinski definition) is 1. The maximum absolute atomic E-state index is 10.8. The molecule has 2 rings (SSSR count). The van der Waals surface area contributed by atoms with E-state index in [1.165, 1.54) is 0 Å². The van der Waals surface area contributed by atoms with Gasteiger partial charge >= 0.3 is 0 Å². The van der Waals surface area contributed by atoms with E-state index in [0.717, 1.165) is 17.7 Å². The monoisotopic (exact) mass is 243 g/mol. The van der Waals surface area contributed by atoms with Gasteiger partial charge in [-0.15, -0.1) is 0 Å². The minimum Gasteiger partial charge on any atom is -0.370 e. The topological polar surface area (TPSA) is 60.9 Å². The molecular formula is C14H17N3O. The standard InChI is InChI=1S/C14H17N3O/c1-11(7-8-14(15)18)17-10-16-9-13(17)12-5-3-2-4-6-12/h2-6,9-11H,7-8H2,1H3,(H2,15,18). The molecule has 1 unspecified atom stereocenters. The van der Waals surface area contributed by atoms with E-state index in [0.29, 0.717) is 6.42 Å². The molecule has 2 N–H and O–H groups in total. The van der Waals surface area contributed by atoms with Crippen LogP contribution in [0, 0.1) is 0 Å². The molecule has 1 aromatic heterocycles. The van der Waals surface area contributed by atoms with Crippen LogP contribution in [0.3, 0.4) is 0 Å². The van der Waals surface area contributed by atoms with Crippen molar-refractivity contribution in [3.8, 4) is 11.3 Å². The Kier molecular flexibility index (Phi) is 3.77. The normalized spacial score (nSPS) is 12.3. The molecule has 0 aliphatic rings. The lowest BCUT2D eigenvalue weighted by Gasteiger charge is -2.15. The van der Waals surface area contributed by atoms with E-state index in [2.05, 4.69) is 16.5 Å². The average molecular weight is 243 g/mol. The summed E-state index contributed by atoms with van der Waals surface area (Å²) in [4.78, 5) is 15.0. The Morgan fingerprint density at radius 2 is 2.11 bits per heavy atom. The highest BCUT2D eigenvalue weighted by Gasteiger charge is 2.11. The van der Waals surface area contributed by atoms with E-state index >= 15 is 0 Å². The van der Waals surface area contributed by atoms with E-state index in [1.54, 1.807) is 6.33 Å². The van der Waals surface area contributed by atoms with Crippen molar-refractivity contribution in [2.75, 3.05) is 0 Å². The van der Waals surface area contributed by atoms with Crippen LogP contribution in [0.25, 0.3) is 11.3 Å². The summed E-state index contributed by atoms with van der Waals surface area (Å²) in [5.41, 5.74) is 7.37. The first-order valence-corrected chi connectivity index (χ1v) is 6.04. The van der Waals surface area contributed by atoms with Gasteiger partial charge < -0.3 is 10.3 Å². The fourth-order valence-corrected chi connectivity index (χ4v) is 1.98. The second-order valence-corrected chi connectivity index (χ2v) is 4.41. The summed E-state index contributed by atoms with van der Waals surface area (Å²) < 4.78 is 2.08. The summed E-state index contributed by atoms with van der Waals surface area (Å²) in [6, 6.07) is 10.3. The zero-order chi connectivity index (χ0) is 13.0. The van der Waals surface area contributed by atoms with Crippen LogP contribution in [0.4, 0.5) is 0 Å². The Morgan fingerprint density at radius 3 is 2.78 bits per heavy atom. The summed E-state index contributed by atoms with van der Waals surface area (Å²) in [5.74, 6) is -0.261. The van der Waals surface area contributed by atoms with Gasteiger partial charge in [-0.05, 0) is 18.9 Å². The molecule has 1 amide bonds. The van der Waals surface area contributed by atoms with Gasteiger partial charge in [0.2, 0.25) is 5.91 Å². The predicted molar refractivity (Wildman–Crippen MR) is 70.8 cm³/mol. The SMILES string of the molecule is CC(CCC(N)=O)n1cncc1-c1ccccc1. The van der Waals surface area contributed by atoms with Crippen LogP contribution in [-0.2, 0) is 4.79 Å². The Morgan fingerprint density at radius 1 is 1.39 bits per heavy atom. The van der Waals surface area contributed by atoms with Crippen molar-refractivity contribution in [3.05, 3.63) is 42.9 Å². The molecule has 0 bridgehead atoms. The molecule has 0 aliphatic heterocycles. The molecule has 2 aromatic rings. The fraction of sp³-hybridized carbons (Fsp3) is 0.286. The second-order valence-electron chi connectivity index (χ2n) is 4.41. The summed E-state index contributed by atoms with van der Waals surface area (Å²) >= 11 is 0. The highest BCUT2D eigenvalue weighted by atomic mass is 16.1. The summed E-state index contributed by atoms with van der Waals surface area (Å²) in [7, 11) is 0. The van der Waals surface area contributed by atoms with Gasteiger partial charge in [-0.2, -0.15) is 0 Å². The van der Waals surface area contributed by atoms with Crippen LogP contribution in [0.2, 0.25) is 0 Å². The molecule has 0 radical (unpaired) electrons. The van der Waals surface area contributed by atoms with Crippen LogP contribution < -0.4 is 5.73 Å². The third-order valence-electron chi connectivity index (χ3n) is 3.02. The van der Waals surface area contributed by atoms with Gasteiger partial charge in [0, 0.05) is 12.5 Å². The van der Waals surface area contributed by atoms with Crippen molar-refractivity contribution in [1.82, 2.24) is 9.55 Å². The molecule has 94 valence electrons. The largest absolute Gasteiger partial charge is 0.370 e. The lowest BCUT2D eigenvalue weighted by atomic mass is 10.1. The first-order valence-electron chi connectivity index (χ1n) is 6.04. The number of benzene rings is 1. The van der Waals surface area contributed by atoms with Gasteiger partial charge in [-0.25, -0.2) is 4.98 Å². The zero-order valence-electron chi connectivity index (χ0n) is 10.4. The van der Waals surface area contributed by atoms with Crippen molar-refractivity contribution < 1.29 is 4.79 Å². The van der Waals surface area contributed by atoms with Gasteiger partial charge in [-0.1, -0.05) is 30.3 Å². The molecule has 0 saturated carbocycles. The molecule has 0 saturated heterocycles. The smallest absolute Gasteiger partial charge is 0.217 e. The van der Waals surface area contributed by atoms with Crippen molar-refractivity contribution in [2.24, 2.45) is 5.73 Å². The van der Waals surface area contributed by atoms with Gasteiger partial charge in [0.05, 0.1) is 18.2 Å². The third-order valence-corrected chi connectivity index (χ3v) is 3.02. The van der Waals surface area contributed by atoms with Crippen LogP contribution in [0.5, 0.6) is 0 Å². The molecule has 18 heavy (non-hydrogen) atoms. The quantitative estimate of drug-likeness (QED) is 0.876. The number of imidazole rings is 1. The molecular weight excluding hydrogens is 226 g/mol. The predicted octanol–water partition coefficient (Wildman–Crippen LogP) is 2.38. The van der Waals surface area contributed by atoms with Crippen molar-refractivity contribution in [3.63, 3.8) is 0 Å².